The molecule has 0 spiro atoms. The lowest BCUT2D eigenvalue weighted by molar-refractivity contribution is -0.145. The van der Waals surface area contributed by atoms with E-state index >= 15 is 0 Å². The first-order valence-corrected chi connectivity index (χ1v) is 5.53. The first-order valence-electron chi connectivity index (χ1n) is 5.53. The molecule has 0 aliphatic heterocycles. The zero-order chi connectivity index (χ0) is 12.0. The van der Waals surface area contributed by atoms with Crippen molar-refractivity contribution in [1.82, 2.24) is 4.98 Å². The van der Waals surface area contributed by atoms with Crippen molar-refractivity contribution in [1.29, 1.82) is 0 Å². The number of hydrogen-bond acceptors (Lipinski definition) is 3. The monoisotopic (exact) mass is 221 g/mol. The van der Waals surface area contributed by atoms with Gasteiger partial charge in [-0.1, -0.05) is 26.8 Å². The van der Waals surface area contributed by atoms with E-state index in [1.807, 2.05) is 18.2 Å². The molecule has 0 aliphatic carbocycles. The maximum Gasteiger partial charge on any atom is 0.306 e. The summed E-state index contributed by atoms with van der Waals surface area (Å²) in [5.74, 6) is -0.152. The lowest BCUT2D eigenvalue weighted by atomic mass is 9.91. The molecule has 0 fully saturated rings. The maximum atomic E-state index is 11.4. The minimum absolute atomic E-state index is 0.152. The zero-order valence-corrected chi connectivity index (χ0v) is 10.2. The Morgan fingerprint density at radius 1 is 1.38 bits per heavy atom. The first-order chi connectivity index (χ1) is 7.47. The van der Waals surface area contributed by atoms with Gasteiger partial charge in [0, 0.05) is 12.6 Å². The fraction of sp³-hybridized carbons (Fsp3) is 0.538. The molecule has 0 aliphatic rings. The van der Waals surface area contributed by atoms with Crippen LogP contribution in [0.15, 0.2) is 24.4 Å². The van der Waals surface area contributed by atoms with E-state index in [0.717, 1.165) is 12.1 Å². The normalized spacial score (nSPS) is 11.2. The van der Waals surface area contributed by atoms with E-state index in [9.17, 15) is 4.79 Å². The number of aromatic nitrogens is 1. The van der Waals surface area contributed by atoms with Crippen LogP contribution in [0.3, 0.4) is 0 Å². The summed E-state index contributed by atoms with van der Waals surface area (Å²) in [5, 5.41) is 0. The van der Waals surface area contributed by atoms with Gasteiger partial charge >= 0.3 is 5.97 Å². The molecule has 1 rings (SSSR count). The van der Waals surface area contributed by atoms with Gasteiger partial charge < -0.3 is 4.74 Å². The molecule has 0 N–H and O–H groups in total. The summed E-state index contributed by atoms with van der Waals surface area (Å²) in [6.45, 7) is 6.60. The van der Waals surface area contributed by atoms with Gasteiger partial charge in [0.25, 0.3) is 0 Å². The van der Waals surface area contributed by atoms with Gasteiger partial charge in [-0.3, -0.25) is 9.78 Å². The molecule has 3 nitrogen and oxygen atoms in total. The van der Waals surface area contributed by atoms with Crippen molar-refractivity contribution >= 4 is 5.97 Å². The molecule has 1 aromatic rings. The van der Waals surface area contributed by atoms with E-state index in [1.54, 1.807) is 6.20 Å². The Balaban J connectivity index is 2.26. The van der Waals surface area contributed by atoms with Crippen molar-refractivity contribution in [3.63, 3.8) is 0 Å². The van der Waals surface area contributed by atoms with Crippen LogP contribution in [0.2, 0.25) is 0 Å². The molecule has 0 amide bonds. The number of nitrogens with zero attached hydrogens (tertiary/aromatic N) is 1. The van der Waals surface area contributed by atoms with Crippen LogP contribution in [-0.2, 0) is 16.1 Å². The van der Waals surface area contributed by atoms with Gasteiger partial charge in [-0.05, 0) is 24.0 Å². The Labute approximate surface area is 96.8 Å². The van der Waals surface area contributed by atoms with E-state index in [0.29, 0.717) is 6.42 Å². The van der Waals surface area contributed by atoms with Crippen molar-refractivity contribution in [3.05, 3.63) is 30.1 Å². The van der Waals surface area contributed by atoms with Gasteiger partial charge in [-0.25, -0.2) is 0 Å². The van der Waals surface area contributed by atoms with Crippen molar-refractivity contribution in [3.8, 4) is 0 Å². The van der Waals surface area contributed by atoms with Gasteiger partial charge in [0.1, 0.15) is 6.61 Å². The molecule has 3 heteroatoms. The predicted molar refractivity (Wildman–Crippen MR) is 62.7 cm³/mol. The zero-order valence-electron chi connectivity index (χ0n) is 10.2. The summed E-state index contributed by atoms with van der Waals surface area (Å²) >= 11 is 0. The Morgan fingerprint density at radius 3 is 2.69 bits per heavy atom. The molecular formula is C13H19NO2. The smallest absolute Gasteiger partial charge is 0.306 e. The van der Waals surface area contributed by atoms with Gasteiger partial charge in [0.2, 0.25) is 0 Å². The lowest BCUT2D eigenvalue weighted by Gasteiger charge is -2.16. The Morgan fingerprint density at radius 2 is 2.12 bits per heavy atom. The number of hydrogen-bond donors (Lipinski definition) is 0. The van der Waals surface area contributed by atoms with Crippen LogP contribution < -0.4 is 0 Å². The van der Waals surface area contributed by atoms with Crippen LogP contribution >= 0.6 is 0 Å². The minimum atomic E-state index is -0.152. The number of pyridine rings is 1. The van der Waals surface area contributed by atoms with Gasteiger partial charge in [-0.15, -0.1) is 0 Å². The molecule has 0 bridgehead atoms. The standard InChI is InChI=1S/C13H19NO2/c1-13(2,3)8-7-12(15)16-10-11-6-4-5-9-14-11/h4-6,9H,7-8,10H2,1-3H3. The van der Waals surface area contributed by atoms with Gasteiger partial charge in [-0.2, -0.15) is 0 Å². The summed E-state index contributed by atoms with van der Waals surface area (Å²) < 4.78 is 5.12. The number of carbonyl (C=O) groups is 1. The van der Waals surface area contributed by atoms with Crippen molar-refractivity contribution < 1.29 is 9.53 Å². The SMILES string of the molecule is CC(C)(C)CCC(=O)OCc1ccccn1. The van der Waals surface area contributed by atoms with Crippen molar-refractivity contribution in [2.45, 2.75) is 40.2 Å². The number of ether oxygens (including phenoxy) is 1. The van der Waals surface area contributed by atoms with Crippen LogP contribution in [0.5, 0.6) is 0 Å². The molecule has 0 aromatic carbocycles. The Bertz CT molecular complexity index is 328. The van der Waals surface area contributed by atoms with Crippen molar-refractivity contribution in [2.75, 3.05) is 0 Å². The summed E-state index contributed by atoms with van der Waals surface area (Å²) in [5.41, 5.74) is 0.955. The maximum absolute atomic E-state index is 11.4. The van der Waals surface area contributed by atoms with E-state index in [-0.39, 0.29) is 18.0 Å². The number of esters is 1. The number of rotatable bonds is 4. The van der Waals surface area contributed by atoms with E-state index in [2.05, 4.69) is 25.8 Å². The molecule has 1 aromatic heterocycles. The fourth-order valence-corrected chi connectivity index (χ4v) is 1.19. The summed E-state index contributed by atoms with van der Waals surface area (Å²) in [7, 11) is 0. The second-order valence-corrected chi connectivity index (χ2v) is 5.04. The van der Waals surface area contributed by atoms with Gasteiger partial charge in [0.05, 0.1) is 5.69 Å². The highest BCUT2D eigenvalue weighted by Crippen LogP contribution is 2.20. The molecule has 0 saturated carbocycles. The van der Waals surface area contributed by atoms with Crippen LogP contribution in [0.1, 0.15) is 39.3 Å². The fourth-order valence-electron chi connectivity index (χ4n) is 1.19. The third-order valence-corrected chi connectivity index (χ3v) is 2.19. The van der Waals surface area contributed by atoms with Crippen LogP contribution in [-0.4, -0.2) is 11.0 Å². The highest BCUT2D eigenvalue weighted by atomic mass is 16.5. The topological polar surface area (TPSA) is 39.2 Å². The second kappa shape index (κ2) is 5.64. The van der Waals surface area contributed by atoms with Gasteiger partial charge in [0.15, 0.2) is 0 Å². The summed E-state index contributed by atoms with van der Waals surface area (Å²) in [6, 6.07) is 5.56. The van der Waals surface area contributed by atoms with Crippen molar-refractivity contribution in [2.24, 2.45) is 5.41 Å². The lowest BCUT2D eigenvalue weighted by Crippen LogP contribution is -2.11. The summed E-state index contributed by atoms with van der Waals surface area (Å²) in [4.78, 5) is 15.5. The largest absolute Gasteiger partial charge is 0.459 e. The predicted octanol–water partition coefficient (Wildman–Crippen LogP) is 2.95. The number of carbonyl (C=O) groups excluding carboxylic acids is 1. The molecule has 88 valence electrons. The molecule has 1 heterocycles. The highest BCUT2D eigenvalue weighted by molar-refractivity contribution is 5.69. The average Bonchev–Trinajstić information content (AvgIpc) is 2.24. The van der Waals surface area contributed by atoms with E-state index < -0.39 is 0 Å². The van der Waals surface area contributed by atoms with Crippen LogP contribution in [0.25, 0.3) is 0 Å². The first kappa shape index (κ1) is 12.7. The second-order valence-electron chi connectivity index (χ2n) is 5.04. The van der Waals surface area contributed by atoms with E-state index in [4.69, 9.17) is 4.74 Å². The van der Waals surface area contributed by atoms with E-state index in [1.165, 1.54) is 0 Å². The molecule has 0 atom stereocenters. The van der Waals surface area contributed by atoms with Crippen LogP contribution in [0.4, 0.5) is 0 Å². The molecule has 0 radical (unpaired) electrons. The Kier molecular flexibility index (Phi) is 4.47. The molecular weight excluding hydrogens is 202 g/mol. The average molecular weight is 221 g/mol. The third kappa shape index (κ3) is 5.49. The molecule has 0 saturated heterocycles. The highest BCUT2D eigenvalue weighted by Gasteiger charge is 2.13. The quantitative estimate of drug-likeness (QED) is 0.734. The summed E-state index contributed by atoms with van der Waals surface area (Å²) in [6.07, 6.45) is 3.00. The van der Waals surface area contributed by atoms with Crippen LogP contribution in [0, 0.1) is 5.41 Å². The Hall–Kier alpha value is -1.38. The minimum Gasteiger partial charge on any atom is -0.459 e. The molecule has 16 heavy (non-hydrogen) atoms. The third-order valence-electron chi connectivity index (χ3n) is 2.19. The molecule has 0 unspecified atom stereocenters.